The number of carboxylic acids is 1. The van der Waals surface area contributed by atoms with Gasteiger partial charge in [-0.3, -0.25) is 14.4 Å². The second-order valence-corrected chi connectivity index (χ2v) is 3.01. The van der Waals surface area contributed by atoms with Crippen LogP contribution in [0.25, 0.3) is 0 Å². The fraction of sp³-hybridized carbons (Fsp3) is 0.667. The Labute approximate surface area is 93.2 Å². The first-order valence-electron chi connectivity index (χ1n) is 4.80. The van der Waals surface area contributed by atoms with Crippen LogP contribution in [0.15, 0.2) is 0 Å². The van der Waals surface area contributed by atoms with Crippen LogP contribution in [0.1, 0.15) is 12.8 Å². The van der Waals surface area contributed by atoms with Crippen LogP contribution in [0.5, 0.6) is 0 Å². The second kappa shape index (κ2) is 8.66. The summed E-state index contributed by atoms with van der Waals surface area (Å²) in [5.41, 5.74) is 0. The summed E-state index contributed by atoms with van der Waals surface area (Å²) in [4.78, 5) is 32.1. The summed E-state index contributed by atoms with van der Waals surface area (Å²) in [5, 5.41) is 13.2. The number of rotatable bonds is 8. The van der Waals surface area contributed by atoms with Gasteiger partial charge in [0, 0.05) is 26.6 Å². The molecule has 0 fully saturated rings. The van der Waals surface area contributed by atoms with Crippen molar-refractivity contribution in [2.45, 2.75) is 12.8 Å². The maximum atomic E-state index is 11.1. The first-order chi connectivity index (χ1) is 7.56. The van der Waals surface area contributed by atoms with Crippen molar-refractivity contribution in [1.82, 2.24) is 10.6 Å². The third-order valence-corrected chi connectivity index (χ3v) is 1.61. The van der Waals surface area contributed by atoms with Crippen molar-refractivity contribution in [3.05, 3.63) is 0 Å². The summed E-state index contributed by atoms with van der Waals surface area (Å²) in [6.07, 6.45) is -0.458. The lowest BCUT2D eigenvalue weighted by Gasteiger charge is -2.05. The lowest BCUT2D eigenvalue weighted by molar-refractivity contribution is -0.140. The van der Waals surface area contributed by atoms with Gasteiger partial charge in [0.25, 0.3) is 0 Å². The number of hydrogen-bond donors (Lipinski definition) is 3. The molecule has 0 spiro atoms. The molecule has 0 unspecified atom stereocenters. The van der Waals surface area contributed by atoms with E-state index in [1.54, 1.807) is 0 Å². The monoisotopic (exact) mass is 232 g/mol. The fourth-order valence-corrected chi connectivity index (χ4v) is 0.896. The van der Waals surface area contributed by atoms with Crippen molar-refractivity contribution in [2.75, 3.05) is 26.8 Å². The number of ether oxygens (including phenoxy) is 1. The number of carbonyl (C=O) groups excluding carboxylic acids is 2. The molecule has 0 aromatic carbocycles. The average molecular weight is 232 g/mol. The molecule has 0 heterocycles. The maximum Gasteiger partial charge on any atom is 0.312 e. The molecule has 0 bridgehead atoms. The predicted molar refractivity (Wildman–Crippen MR) is 54.8 cm³/mol. The smallest absolute Gasteiger partial charge is 0.312 e. The predicted octanol–water partition coefficient (Wildman–Crippen LogP) is -1.27. The number of amides is 2. The van der Waals surface area contributed by atoms with E-state index in [2.05, 4.69) is 10.6 Å². The molecule has 7 nitrogen and oxygen atoms in total. The largest absolute Gasteiger partial charge is 0.481 e. The fourth-order valence-electron chi connectivity index (χ4n) is 0.896. The third-order valence-electron chi connectivity index (χ3n) is 1.61. The average Bonchev–Trinajstić information content (AvgIpc) is 2.17. The Hall–Kier alpha value is -1.63. The van der Waals surface area contributed by atoms with Crippen molar-refractivity contribution in [2.24, 2.45) is 0 Å². The molecule has 2 amide bonds. The molecule has 16 heavy (non-hydrogen) atoms. The summed E-state index contributed by atoms with van der Waals surface area (Å²) >= 11 is 0. The number of hydrogen-bond acceptors (Lipinski definition) is 4. The van der Waals surface area contributed by atoms with E-state index < -0.39 is 18.3 Å². The van der Waals surface area contributed by atoms with Gasteiger partial charge in [-0.15, -0.1) is 0 Å². The molecule has 0 aliphatic heterocycles. The second-order valence-electron chi connectivity index (χ2n) is 3.01. The number of carbonyl (C=O) groups is 3. The molecule has 0 rings (SSSR count). The molecule has 0 saturated carbocycles. The van der Waals surface area contributed by atoms with Gasteiger partial charge in [0.15, 0.2) is 0 Å². The van der Waals surface area contributed by atoms with Crippen molar-refractivity contribution in [3.8, 4) is 0 Å². The number of carboxylic acid groups (broad SMARTS) is 1. The molecular formula is C9H16N2O5. The van der Waals surface area contributed by atoms with Crippen LogP contribution in [-0.4, -0.2) is 49.7 Å². The minimum absolute atomic E-state index is 0.120. The highest BCUT2D eigenvalue weighted by molar-refractivity contribution is 5.93. The highest BCUT2D eigenvalue weighted by Gasteiger charge is 2.07. The van der Waals surface area contributed by atoms with Crippen LogP contribution in [-0.2, 0) is 19.1 Å². The van der Waals surface area contributed by atoms with Crippen LogP contribution in [0.2, 0.25) is 0 Å². The Morgan fingerprint density at radius 1 is 1.12 bits per heavy atom. The molecular weight excluding hydrogens is 216 g/mol. The van der Waals surface area contributed by atoms with Gasteiger partial charge in [-0.25, -0.2) is 0 Å². The van der Waals surface area contributed by atoms with E-state index in [4.69, 9.17) is 9.84 Å². The quantitative estimate of drug-likeness (QED) is 0.357. The molecule has 0 aliphatic carbocycles. The van der Waals surface area contributed by atoms with Gasteiger partial charge in [-0.1, -0.05) is 0 Å². The van der Waals surface area contributed by atoms with Gasteiger partial charge in [-0.2, -0.15) is 0 Å². The Bertz CT molecular complexity index is 254. The standard InChI is InChI=1S/C9H16N2O5/c1-16-5-4-11-7(12)2-3-10-8(13)6-9(14)15/h2-6H2,1H3,(H,10,13)(H,11,12)(H,14,15). The minimum Gasteiger partial charge on any atom is -0.481 e. The summed E-state index contributed by atoms with van der Waals surface area (Å²) < 4.78 is 4.73. The summed E-state index contributed by atoms with van der Waals surface area (Å²) in [7, 11) is 1.53. The molecule has 0 aromatic rings. The highest BCUT2D eigenvalue weighted by Crippen LogP contribution is 1.82. The summed E-state index contributed by atoms with van der Waals surface area (Å²) in [6.45, 7) is 0.973. The third kappa shape index (κ3) is 8.95. The van der Waals surface area contributed by atoms with Crippen LogP contribution in [0.3, 0.4) is 0 Å². The van der Waals surface area contributed by atoms with E-state index in [0.717, 1.165) is 0 Å². The van der Waals surface area contributed by atoms with Gasteiger partial charge in [0.1, 0.15) is 6.42 Å². The van der Waals surface area contributed by atoms with Gasteiger partial charge in [-0.05, 0) is 0 Å². The van der Waals surface area contributed by atoms with Crippen molar-refractivity contribution < 1.29 is 24.2 Å². The maximum absolute atomic E-state index is 11.1. The molecule has 0 saturated heterocycles. The molecule has 3 N–H and O–H groups in total. The van der Waals surface area contributed by atoms with E-state index in [1.165, 1.54) is 7.11 Å². The van der Waals surface area contributed by atoms with E-state index in [-0.39, 0.29) is 18.9 Å². The minimum atomic E-state index is -1.19. The Kier molecular flexibility index (Phi) is 7.78. The van der Waals surface area contributed by atoms with Gasteiger partial charge >= 0.3 is 5.97 Å². The van der Waals surface area contributed by atoms with E-state index in [1.807, 2.05) is 0 Å². The van der Waals surface area contributed by atoms with Crippen molar-refractivity contribution in [1.29, 1.82) is 0 Å². The SMILES string of the molecule is COCCNC(=O)CCNC(=O)CC(=O)O. The zero-order valence-electron chi connectivity index (χ0n) is 9.12. The first-order valence-corrected chi connectivity index (χ1v) is 4.80. The molecule has 0 aromatic heterocycles. The van der Waals surface area contributed by atoms with E-state index >= 15 is 0 Å². The van der Waals surface area contributed by atoms with Crippen LogP contribution >= 0.6 is 0 Å². The van der Waals surface area contributed by atoms with Gasteiger partial charge in [0.05, 0.1) is 6.61 Å². The summed E-state index contributed by atoms with van der Waals surface area (Å²) in [5.74, 6) is -2.01. The van der Waals surface area contributed by atoms with E-state index in [0.29, 0.717) is 13.2 Å². The Morgan fingerprint density at radius 3 is 2.31 bits per heavy atom. The first kappa shape index (κ1) is 14.4. The highest BCUT2D eigenvalue weighted by atomic mass is 16.5. The van der Waals surface area contributed by atoms with Crippen molar-refractivity contribution in [3.63, 3.8) is 0 Å². The van der Waals surface area contributed by atoms with Gasteiger partial charge in [0.2, 0.25) is 11.8 Å². The molecule has 7 heteroatoms. The number of nitrogens with one attached hydrogen (secondary N) is 2. The van der Waals surface area contributed by atoms with Crippen LogP contribution in [0.4, 0.5) is 0 Å². The number of aliphatic carboxylic acids is 1. The lowest BCUT2D eigenvalue weighted by Crippen LogP contribution is -2.32. The zero-order valence-corrected chi connectivity index (χ0v) is 9.12. The molecule has 0 atom stereocenters. The van der Waals surface area contributed by atoms with E-state index in [9.17, 15) is 14.4 Å². The molecule has 92 valence electrons. The Morgan fingerprint density at radius 2 is 1.75 bits per heavy atom. The zero-order chi connectivity index (χ0) is 12.4. The normalized spacial score (nSPS) is 9.56. The summed E-state index contributed by atoms with van der Waals surface area (Å²) in [6, 6.07) is 0. The number of methoxy groups -OCH3 is 1. The van der Waals surface area contributed by atoms with Crippen LogP contribution < -0.4 is 10.6 Å². The lowest BCUT2D eigenvalue weighted by atomic mass is 10.3. The van der Waals surface area contributed by atoms with Gasteiger partial charge < -0.3 is 20.5 Å². The van der Waals surface area contributed by atoms with Crippen LogP contribution in [0, 0.1) is 0 Å². The molecule has 0 aliphatic rings. The molecule has 0 radical (unpaired) electrons. The Balaban J connectivity index is 3.46. The van der Waals surface area contributed by atoms with Crippen molar-refractivity contribution >= 4 is 17.8 Å². The topological polar surface area (TPSA) is 105 Å².